The van der Waals surface area contributed by atoms with Crippen molar-refractivity contribution in [3.05, 3.63) is 70.9 Å². The third-order valence-corrected chi connectivity index (χ3v) is 10.8. The van der Waals surface area contributed by atoms with Crippen molar-refractivity contribution in [1.82, 2.24) is 25.4 Å². The van der Waals surface area contributed by atoms with E-state index in [9.17, 15) is 14.4 Å². The van der Waals surface area contributed by atoms with E-state index in [-0.39, 0.29) is 17.7 Å². The highest BCUT2D eigenvalue weighted by Gasteiger charge is 2.44. The standard InChI is InChI=1S/C37H48ClN5O4/c1-42-32(23-29-10-7-11-30(38)33(29)42)35(45)41-37(16-5-6-17-37)36(46)40-31(22-26-8-3-2-4-9-26)34(44)39-24-27-12-18-43(19-13-27)25-28-14-20-47-21-15-28/h2-4,7-11,23,27-28,31H,5-6,12-22,24-25H2,1H3,(H,39,44)(H,40,46)(H,41,45)/t31-/m1/s1. The van der Waals surface area contributed by atoms with Crippen LogP contribution in [-0.4, -0.2) is 78.2 Å². The summed E-state index contributed by atoms with van der Waals surface area (Å²) in [6.45, 7) is 5.58. The zero-order valence-electron chi connectivity index (χ0n) is 27.4. The van der Waals surface area contributed by atoms with E-state index in [1.54, 1.807) is 23.7 Å². The van der Waals surface area contributed by atoms with Crippen molar-refractivity contribution in [2.45, 2.75) is 69.4 Å². The van der Waals surface area contributed by atoms with Crippen LogP contribution in [0.25, 0.3) is 10.9 Å². The fraction of sp³-hybridized carbons (Fsp3) is 0.541. The number of hydrogen-bond donors (Lipinski definition) is 3. The average Bonchev–Trinajstić information content (AvgIpc) is 3.70. The van der Waals surface area contributed by atoms with Crippen LogP contribution in [0.15, 0.2) is 54.6 Å². The van der Waals surface area contributed by atoms with Crippen molar-refractivity contribution >= 4 is 40.2 Å². The number of carbonyl (C=O) groups excluding carboxylic acids is 3. The molecule has 1 aromatic heterocycles. The maximum Gasteiger partial charge on any atom is 0.268 e. The Morgan fingerprint density at radius 1 is 0.957 bits per heavy atom. The van der Waals surface area contributed by atoms with Gasteiger partial charge in [0, 0.05) is 45.2 Å². The Labute approximate surface area is 282 Å². The normalized spacial score (nSPS) is 19.8. The van der Waals surface area contributed by atoms with Crippen LogP contribution in [0.5, 0.6) is 0 Å². The Hall–Kier alpha value is -3.40. The van der Waals surface area contributed by atoms with Gasteiger partial charge in [-0.15, -0.1) is 0 Å². The van der Waals surface area contributed by atoms with Gasteiger partial charge in [0.25, 0.3) is 5.91 Å². The van der Waals surface area contributed by atoms with Gasteiger partial charge in [0.15, 0.2) is 0 Å². The lowest BCUT2D eigenvalue weighted by atomic mass is 9.93. The van der Waals surface area contributed by atoms with Crippen molar-refractivity contribution in [2.75, 3.05) is 39.4 Å². The fourth-order valence-corrected chi connectivity index (χ4v) is 7.95. The molecule has 1 atom stereocenters. The quantitative estimate of drug-likeness (QED) is 0.273. The molecule has 0 spiro atoms. The Morgan fingerprint density at radius 3 is 2.38 bits per heavy atom. The molecule has 3 aromatic rings. The topological polar surface area (TPSA) is 105 Å². The van der Waals surface area contributed by atoms with Gasteiger partial charge in [0.1, 0.15) is 17.3 Å². The minimum Gasteiger partial charge on any atom is -0.381 e. The molecule has 0 radical (unpaired) electrons. The summed E-state index contributed by atoms with van der Waals surface area (Å²) >= 11 is 6.44. The van der Waals surface area contributed by atoms with Gasteiger partial charge >= 0.3 is 0 Å². The van der Waals surface area contributed by atoms with E-state index >= 15 is 0 Å². The molecule has 3 heterocycles. The Kier molecular flexibility index (Phi) is 10.8. The van der Waals surface area contributed by atoms with E-state index in [1.165, 1.54) is 0 Å². The summed E-state index contributed by atoms with van der Waals surface area (Å²) in [5.74, 6) is 0.310. The second kappa shape index (κ2) is 15.2. The predicted octanol–water partition coefficient (Wildman–Crippen LogP) is 4.86. The molecule has 252 valence electrons. The predicted molar refractivity (Wildman–Crippen MR) is 184 cm³/mol. The number of benzene rings is 2. The van der Waals surface area contributed by atoms with Crippen LogP contribution in [0.4, 0.5) is 0 Å². The van der Waals surface area contributed by atoms with Crippen LogP contribution in [0, 0.1) is 11.8 Å². The molecule has 1 aliphatic carbocycles. The molecule has 1 saturated carbocycles. The van der Waals surface area contributed by atoms with Gasteiger partial charge in [-0.05, 0) is 81.1 Å². The molecule has 2 aliphatic heterocycles. The number of para-hydroxylation sites is 1. The lowest BCUT2D eigenvalue weighted by molar-refractivity contribution is -0.132. The van der Waals surface area contributed by atoms with E-state index in [0.717, 1.165) is 93.8 Å². The number of fused-ring (bicyclic) bond motifs is 1. The van der Waals surface area contributed by atoms with Crippen molar-refractivity contribution in [3.8, 4) is 0 Å². The Bertz CT molecular complexity index is 1540. The minimum atomic E-state index is -1.09. The van der Waals surface area contributed by atoms with Gasteiger partial charge in [-0.25, -0.2) is 0 Å². The van der Waals surface area contributed by atoms with Gasteiger partial charge in [0.05, 0.1) is 10.5 Å². The van der Waals surface area contributed by atoms with E-state index in [2.05, 4.69) is 20.9 Å². The van der Waals surface area contributed by atoms with Crippen LogP contribution >= 0.6 is 11.6 Å². The molecule has 9 nitrogen and oxygen atoms in total. The van der Waals surface area contributed by atoms with E-state index in [0.29, 0.717) is 42.4 Å². The highest BCUT2D eigenvalue weighted by molar-refractivity contribution is 6.35. The lowest BCUT2D eigenvalue weighted by Gasteiger charge is -2.35. The summed E-state index contributed by atoms with van der Waals surface area (Å²) in [7, 11) is 1.81. The number of piperidine rings is 1. The third-order valence-electron chi connectivity index (χ3n) is 10.5. The number of ether oxygens (including phenoxy) is 1. The van der Waals surface area contributed by atoms with Crippen molar-refractivity contribution in [2.24, 2.45) is 18.9 Å². The monoisotopic (exact) mass is 661 g/mol. The van der Waals surface area contributed by atoms with Crippen LogP contribution in [0.1, 0.15) is 67.4 Å². The third kappa shape index (κ3) is 8.02. The van der Waals surface area contributed by atoms with Gasteiger partial charge < -0.3 is 30.2 Å². The summed E-state index contributed by atoms with van der Waals surface area (Å²) < 4.78 is 7.29. The number of halogens is 1. The van der Waals surface area contributed by atoms with Crippen LogP contribution in [0.3, 0.4) is 0 Å². The molecule has 2 aromatic carbocycles. The van der Waals surface area contributed by atoms with Crippen LogP contribution < -0.4 is 16.0 Å². The largest absolute Gasteiger partial charge is 0.381 e. The van der Waals surface area contributed by atoms with E-state index in [1.807, 2.05) is 42.5 Å². The number of likely N-dealkylation sites (tertiary alicyclic amines) is 1. The SMILES string of the molecule is Cn1c(C(=O)NC2(C(=O)N[C@H](Cc3ccccc3)C(=O)NCC3CCN(CC4CCOCC4)CC3)CCCC2)cc2cccc(Cl)c21. The summed E-state index contributed by atoms with van der Waals surface area (Å²) in [6, 6.07) is 16.4. The number of aromatic nitrogens is 1. The molecule has 47 heavy (non-hydrogen) atoms. The molecule has 3 fully saturated rings. The molecule has 3 N–H and O–H groups in total. The smallest absolute Gasteiger partial charge is 0.268 e. The number of nitrogens with one attached hydrogen (secondary N) is 3. The first-order valence-corrected chi connectivity index (χ1v) is 17.7. The minimum absolute atomic E-state index is 0.186. The van der Waals surface area contributed by atoms with Crippen LogP contribution in [0.2, 0.25) is 5.02 Å². The summed E-state index contributed by atoms with van der Waals surface area (Å²) in [5.41, 5.74) is 1.08. The van der Waals surface area contributed by atoms with E-state index in [4.69, 9.17) is 16.3 Å². The summed E-state index contributed by atoms with van der Waals surface area (Å²) in [4.78, 5) is 44.1. The molecule has 10 heteroatoms. The van der Waals surface area contributed by atoms with Crippen LogP contribution in [-0.2, 0) is 27.8 Å². The first-order chi connectivity index (χ1) is 22.8. The molecule has 3 aliphatic rings. The second-order valence-corrected chi connectivity index (χ2v) is 14.2. The molecule has 6 rings (SSSR count). The summed E-state index contributed by atoms with van der Waals surface area (Å²) in [5, 5.41) is 10.8. The Balaban J connectivity index is 1.10. The Morgan fingerprint density at radius 2 is 1.68 bits per heavy atom. The second-order valence-electron chi connectivity index (χ2n) is 13.8. The van der Waals surface area contributed by atoms with Gasteiger partial charge in [-0.2, -0.15) is 0 Å². The molecular weight excluding hydrogens is 614 g/mol. The molecule has 0 bridgehead atoms. The highest BCUT2D eigenvalue weighted by atomic mass is 35.5. The number of hydrogen-bond acceptors (Lipinski definition) is 5. The van der Waals surface area contributed by atoms with Gasteiger partial charge in [0.2, 0.25) is 11.8 Å². The summed E-state index contributed by atoms with van der Waals surface area (Å²) in [6.07, 6.45) is 7.42. The molecule has 2 saturated heterocycles. The van der Waals surface area contributed by atoms with Gasteiger partial charge in [-0.3, -0.25) is 14.4 Å². The van der Waals surface area contributed by atoms with Gasteiger partial charge in [-0.1, -0.05) is 66.9 Å². The lowest BCUT2D eigenvalue weighted by Crippen LogP contribution is -2.61. The number of aryl methyl sites for hydroxylation is 1. The average molecular weight is 662 g/mol. The van der Waals surface area contributed by atoms with E-state index < -0.39 is 11.6 Å². The number of amides is 3. The number of nitrogens with zero attached hydrogens (tertiary/aromatic N) is 2. The maximum atomic E-state index is 14.1. The maximum absolute atomic E-state index is 14.1. The molecule has 3 amide bonds. The molecule has 0 unspecified atom stereocenters. The highest BCUT2D eigenvalue weighted by Crippen LogP contribution is 2.32. The van der Waals surface area contributed by atoms with Crippen molar-refractivity contribution in [1.29, 1.82) is 0 Å². The number of rotatable bonds is 11. The zero-order valence-corrected chi connectivity index (χ0v) is 28.2. The first-order valence-electron chi connectivity index (χ1n) is 17.3. The fourth-order valence-electron chi connectivity index (χ4n) is 7.64. The zero-order chi connectivity index (χ0) is 32.8. The molecular formula is C37H48ClN5O4. The van der Waals surface area contributed by atoms with Crippen molar-refractivity contribution < 1.29 is 19.1 Å². The van der Waals surface area contributed by atoms with Crippen molar-refractivity contribution in [3.63, 3.8) is 0 Å². The first kappa shape index (κ1) is 33.5. The number of carbonyl (C=O) groups is 3.